The van der Waals surface area contributed by atoms with E-state index in [2.05, 4.69) is 13.8 Å². The summed E-state index contributed by atoms with van der Waals surface area (Å²) in [7, 11) is 0. The van der Waals surface area contributed by atoms with Crippen molar-refractivity contribution in [2.24, 2.45) is 5.73 Å². The smallest absolute Gasteiger partial charge is 0.165 e. The molecule has 4 heteroatoms. The van der Waals surface area contributed by atoms with Crippen LogP contribution in [0, 0.1) is 0 Å². The van der Waals surface area contributed by atoms with E-state index < -0.39 is 0 Å². The highest BCUT2D eigenvalue weighted by Gasteiger charge is 2.40. The first kappa shape index (κ1) is 15.0. The van der Waals surface area contributed by atoms with Crippen LogP contribution in [-0.2, 0) is 5.41 Å². The second kappa shape index (κ2) is 5.69. The van der Waals surface area contributed by atoms with Gasteiger partial charge in [0.15, 0.2) is 11.5 Å². The van der Waals surface area contributed by atoms with Crippen LogP contribution in [0.15, 0.2) is 6.07 Å². The maximum absolute atomic E-state index is 6.67. The summed E-state index contributed by atoms with van der Waals surface area (Å²) in [6.45, 7) is 6.21. The summed E-state index contributed by atoms with van der Waals surface area (Å²) in [5.74, 6) is 2.00. The summed E-state index contributed by atoms with van der Waals surface area (Å²) < 4.78 is 11.7. The Morgan fingerprint density at radius 1 is 1.24 bits per heavy atom. The van der Waals surface area contributed by atoms with Crippen molar-refractivity contribution in [2.75, 3.05) is 19.8 Å². The fraction of sp³-hybridized carbons (Fsp3) is 0.647. The van der Waals surface area contributed by atoms with E-state index in [4.69, 9.17) is 26.8 Å². The third-order valence-corrected chi connectivity index (χ3v) is 5.18. The molecule has 0 aromatic heterocycles. The first-order chi connectivity index (χ1) is 10.1. The second-order valence-corrected chi connectivity index (χ2v) is 6.92. The van der Waals surface area contributed by atoms with Gasteiger partial charge in [-0.2, -0.15) is 0 Å². The topological polar surface area (TPSA) is 44.5 Å². The van der Waals surface area contributed by atoms with E-state index in [-0.39, 0.29) is 5.41 Å². The van der Waals surface area contributed by atoms with Gasteiger partial charge in [0.2, 0.25) is 0 Å². The van der Waals surface area contributed by atoms with Crippen molar-refractivity contribution in [1.82, 2.24) is 0 Å². The molecule has 0 atom stereocenters. The zero-order valence-corrected chi connectivity index (χ0v) is 13.6. The Hall–Kier alpha value is -0.930. The molecule has 1 aliphatic carbocycles. The van der Waals surface area contributed by atoms with Crippen molar-refractivity contribution in [2.45, 2.75) is 50.9 Å². The molecule has 3 nitrogen and oxygen atoms in total. The van der Waals surface area contributed by atoms with Gasteiger partial charge in [0.1, 0.15) is 13.2 Å². The molecular weight excluding hydrogens is 286 g/mol. The quantitative estimate of drug-likeness (QED) is 0.917. The lowest BCUT2D eigenvalue weighted by Crippen LogP contribution is -2.34. The molecule has 0 amide bonds. The average Bonchev–Trinajstić information content (AvgIpc) is 2.95. The van der Waals surface area contributed by atoms with Crippen LogP contribution in [0.4, 0.5) is 0 Å². The van der Waals surface area contributed by atoms with Gasteiger partial charge in [0, 0.05) is 28.6 Å². The Bertz CT molecular complexity index is 536. The summed E-state index contributed by atoms with van der Waals surface area (Å²) in [6.07, 6.45) is 4.67. The molecule has 0 saturated heterocycles. The van der Waals surface area contributed by atoms with Gasteiger partial charge in [-0.25, -0.2) is 0 Å². The van der Waals surface area contributed by atoms with E-state index in [0.717, 1.165) is 29.4 Å². The predicted molar refractivity (Wildman–Crippen MR) is 85.7 cm³/mol. The molecule has 1 aromatic carbocycles. The molecule has 1 saturated carbocycles. The van der Waals surface area contributed by atoms with Crippen LogP contribution in [0.2, 0.25) is 5.02 Å². The number of halogens is 1. The Morgan fingerprint density at radius 2 is 1.90 bits per heavy atom. The van der Waals surface area contributed by atoms with E-state index in [1.807, 2.05) is 6.07 Å². The molecule has 1 aromatic rings. The van der Waals surface area contributed by atoms with Crippen LogP contribution in [0.25, 0.3) is 0 Å². The molecule has 0 radical (unpaired) electrons. The Morgan fingerprint density at radius 3 is 2.52 bits per heavy atom. The van der Waals surface area contributed by atoms with Crippen LogP contribution in [0.3, 0.4) is 0 Å². The molecule has 0 bridgehead atoms. The van der Waals surface area contributed by atoms with Crippen LogP contribution < -0.4 is 15.2 Å². The van der Waals surface area contributed by atoms with Crippen molar-refractivity contribution in [1.29, 1.82) is 0 Å². The molecule has 1 aliphatic heterocycles. The van der Waals surface area contributed by atoms with E-state index in [0.29, 0.717) is 25.7 Å². The minimum Gasteiger partial charge on any atom is -0.486 e. The minimum atomic E-state index is 0.00647. The average molecular weight is 310 g/mol. The number of benzene rings is 1. The fourth-order valence-corrected chi connectivity index (χ4v) is 4.28. The van der Waals surface area contributed by atoms with E-state index >= 15 is 0 Å². The number of ether oxygens (including phenoxy) is 2. The van der Waals surface area contributed by atoms with Gasteiger partial charge in [0.25, 0.3) is 0 Å². The van der Waals surface area contributed by atoms with Gasteiger partial charge in [-0.1, -0.05) is 38.3 Å². The lowest BCUT2D eigenvalue weighted by Gasteiger charge is -2.35. The number of nitrogens with two attached hydrogens (primary N) is 1. The Balaban J connectivity index is 2.23. The van der Waals surface area contributed by atoms with Gasteiger partial charge in [-0.3, -0.25) is 0 Å². The highest BCUT2D eigenvalue weighted by Crippen LogP contribution is 2.51. The molecule has 21 heavy (non-hydrogen) atoms. The van der Waals surface area contributed by atoms with Crippen molar-refractivity contribution in [3.8, 4) is 11.5 Å². The molecule has 116 valence electrons. The van der Waals surface area contributed by atoms with E-state index in [1.165, 1.54) is 24.0 Å². The highest BCUT2D eigenvalue weighted by atomic mass is 35.5. The lowest BCUT2D eigenvalue weighted by molar-refractivity contribution is 0.168. The van der Waals surface area contributed by atoms with Gasteiger partial charge in [-0.15, -0.1) is 0 Å². The summed E-state index contributed by atoms with van der Waals surface area (Å²) in [6, 6.07) is 1.92. The van der Waals surface area contributed by atoms with Crippen molar-refractivity contribution >= 4 is 11.6 Å². The summed E-state index contributed by atoms with van der Waals surface area (Å²) >= 11 is 6.67. The highest BCUT2D eigenvalue weighted by molar-refractivity contribution is 6.32. The molecule has 3 rings (SSSR count). The van der Waals surface area contributed by atoms with Crippen molar-refractivity contribution in [3.63, 3.8) is 0 Å². The normalized spacial score (nSPS) is 20.0. The SMILES string of the molecule is CC(C)c1c2c(cc(Cl)c1C1(CN)CCCC1)OCCO2. The van der Waals surface area contributed by atoms with E-state index in [9.17, 15) is 0 Å². The van der Waals surface area contributed by atoms with Crippen LogP contribution in [0.5, 0.6) is 11.5 Å². The third-order valence-electron chi connectivity index (χ3n) is 4.88. The van der Waals surface area contributed by atoms with Crippen LogP contribution in [-0.4, -0.2) is 19.8 Å². The first-order valence-corrected chi connectivity index (χ1v) is 8.29. The predicted octanol–water partition coefficient (Wildman–Crippen LogP) is 4.01. The molecule has 0 unspecified atom stereocenters. The monoisotopic (exact) mass is 309 g/mol. The van der Waals surface area contributed by atoms with Gasteiger partial charge in [-0.05, 0) is 24.3 Å². The zero-order valence-electron chi connectivity index (χ0n) is 12.9. The minimum absolute atomic E-state index is 0.00647. The molecule has 1 fully saturated rings. The molecule has 1 heterocycles. The third kappa shape index (κ3) is 2.40. The Labute approximate surface area is 131 Å². The van der Waals surface area contributed by atoms with Crippen LogP contribution in [0.1, 0.15) is 56.6 Å². The lowest BCUT2D eigenvalue weighted by atomic mass is 9.74. The number of rotatable bonds is 3. The van der Waals surface area contributed by atoms with Gasteiger partial charge < -0.3 is 15.2 Å². The zero-order chi connectivity index (χ0) is 15.0. The maximum atomic E-state index is 6.67. The molecular formula is C17H24ClNO2. The standard InChI is InChI=1S/C17H24ClNO2/c1-11(2)14-15(17(10-19)5-3-4-6-17)12(18)9-13-16(14)21-8-7-20-13/h9,11H,3-8,10,19H2,1-2H3. The van der Waals surface area contributed by atoms with Crippen LogP contribution >= 0.6 is 11.6 Å². The number of fused-ring (bicyclic) bond motifs is 1. The summed E-state index contributed by atoms with van der Waals surface area (Å²) in [4.78, 5) is 0. The largest absolute Gasteiger partial charge is 0.486 e. The summed E-state index contributed by atoms with van der Waals surface area (Å²) in [5, 5.41) is 0.787. The molecule has 2 aliphatic rings. The maximum Gasteiger partial charge on any atom is 0.165 e. The number of hydrogen-bond donors (Lipinski definition) is 1. The molecule has 2 N–H and O–H groups in total. The number of hydrogen-bond acceptors (Lipinski definition) is 3. The molecule has 0 spiro atoms. The first-order valence-electron chi connectivity index (χ1n) is 7.91. The van der Waals surface area contributed by atoms with Gasteiger partial charge >= 0.3 is 0 Å². The van der Waals surface area contributed by atoms with E-state index in [1.54, 1.807) is 0 Å². The summed E-state index contributed by atoms with van der Waals surface area (Å²) in [5.41, 5.74) is 8.60. The van der Waals surface area contributed by atoms with Crippen molar-refractivity contribution in [3.05, 3.63) is 22.2 Å². The van der Waals surface area contributed by atoms with Gasteiger partial charge in [0.05, 0.1) is 0 Å². The Kier molecular flexibility index (Phi) is 4.06. The fourth-order valence-electron chi connectivity index (χ4n) is 3.88. The second-order valence-electron chi connectivity index (χ2n) is 6.52. The van der Waals surface area contributed by atoms with Crippen molar-refractivity contribution < 1.29 is 9.47 Å².